The van der Waals surface area contributed by atoms with E-state index in [1.54, 1.807) is 7.05 Å². The first kappa shape index (κ1) is 12.5. The number of nitrogens with zero attached hydrogens (tertiary/aromatic N) is 1. The molecule has 0 fully saturated rings. The van der Waals surface area contributed by atoms with Crippen molar-refractivity contribution in [3.8, 4) is 0 Å². The van der Waals surface area contributed by atoms with E-state index in [0.717, 1.165) is 22.3 Å². The molecular formula is C17H15NO2. The van der Waals surface area contributed by atoms with Gasteiger partial charge in [-0.25, -0.2) is 4.79 Å². The Labute approximate surface area is 117 Å². The van der Waals surface area contributed by atoms with Gasteiger partial charge in [0.1, 0.15) is 0 Å². The lowest BCUT2D eigenvalue weighted by Gasteiger charge is -2.14. The second-order valence-corrected chi connectivity index (χ2v) is 4.86. The van der Waals surface area contributed by atoms with Gasteiger partial charge in [0, 0.05) is 7.05 Å². The Balaban J connectivity index is 2.02. The highest BCUT2D eigenvalue weighted by Crippen LogP contribution is 2.49. The summed E-state index contributed by atoms with van der Waals surface area (Å²) in [6.45, 7) is 0. The molecule has 1 aliphatic carbocycles. The minimum absolute atomic E-state index is 0.141. The SMILES string of the molecule is CN(C(=O)O)C1C(c2ccccc2)=C1c1ccccc1. The molecule has 0 atom stereocenters. The van der Waals surface area contributed by atoms with Gasteiger partial charge in [-0.1, -0.05) is 60.7 Å². The fourth-order valence-corrected chi connectivity index (χ4v) is 2.57. The molecule has 1 aliphatic rings. The summed E-state index contributed by atoms with van der Waals surface area (Å²) in [6.07, 6.45) is -0.908. The van der Waals surface area contributed by atoms with E-state index in [1.807, 2.05) is 60.7 Å². The van der Waals surface area contributed by atoms with E-state index in [9.17, 15) is 9.90 Å². The van der Waals surface area contributed by atoms with Crippen LogP contribution in [0.15, 0.2) is 60.7 Å². The summed E-state index contributed by atoms with van der Waals surface area (Å²) >= 11 is 0. The number of carbonyl (C=O) groups is 1. The molecule has 0 heterocycles. The van der Waals surface area contributed by atoms with Gasteiger partial charge in [-0.05, 0) is 22.3 Å². The molecule has 0 bridgehead atoms. The Bertz CT molecular complexity index is 612. The first-order valence-corrected chi connectivity index (χ1v) is 6.51. The number of hydrogen-bond donors (Lipinski definition) is 1. The van der Waals surface area contributed by atoms with Gasteiger partial charge >= 0.3 is 6.09 Å². The Hall–Kier alpha value is -2.55. The highest BCUT2D eigenvalue weighted by atomic mass is 16.4. The Morgan fingerprint density at radius 1 is 0.900 bits per heavy atom. The molecule has 0 radical (unpaired) electrons. The van der Waals surface area contributed by atoms with Crippen molar-refractivity contribution in [3.05, 3.63) is 71.8 Å². The maximum Gasteiger partial charge on any atom is 0.407 e. The van der Waals surface area contributed by atoms with Gasteiger partial charge in [0.15, 0.2) is 0 Å². The van der Waals surface area contributed by atoms with Crippen LogP contribution in [0, 0.1) is 0 Å². The molecule has 0 unspecified atom stereocenters. The van der Waals surface area contributed by atoms with Crippen molar-refractivity contribution in [1.82, 2.24) is 4.90 Å². The molecule has 1 N–H and O–H groups in total. The average Bonchev–Trinajstić information content (AvgIpc) is 3.23. The van der Waals surface area contributed by atoms with Crippen LogP contribution in [-0.4, -0.2) is 29.2 Å². The molecule has 0 aromatic heterocycles. The van der Waals surface area contributed by atoms with Crippen molar-refractivity contribution in [2.75, 3.05) is 7.05 Å². The standard InChI is InChI=1S/C17H15NO2/c1-18(17(19)20)16-14(12-8-4-2-5-9-12)15(16)13-10-6-3-7-11-13/h2-11,16H,1H3,(H,19,20). The topological polar surface area (TPSA) is 40.5 Å². The van der Waals surface area contributed by atoms with Crippen LogP contribution >= 0.6 is 0 Å². The van der Waals surface area contributed by atoms with Crippen LogP contribution in [-0.2, 0) is 0 Å². The molecule has 0 aliphatic heterocycles. The quantitative estimate of drug-likeness (QED) is 0.921. The van der Waals surface area contributed by atoms with Gasteiger partial charge in [0.05, 0.1) is 6.04 Å². The summed E-state index contributed by atoms with van der Waals surface area (Å²) in [6, 6.07) is 19.8. The first-order valence-electron chi connectivity index (χ1n) is 6.51. The maximum absolute atomic E-state index is 11.2. The first-order chi connectivity index (χ1) is 9.70. The molecule has 3 heteroatoms. The van der Waals surface area contributed by atoms with Crippen molar-refractivity contribution in [1.29, 1.82) is 0 Å². The fourth-order valence-electron chi connectivity index (χ4n) is 2.57. The Kier molecular flexibility index (Phi) is 3.03. The molecule has 0 spiro atoms. The van der Waals surface area contributed by atoms with Crippen LogP contribution in [0.3, 0.4) is 0 Å². The van der Waals surface area contributed by atoms with E-state index in [-0.39, 0.29) is 6.04 Å². The predicted octanol–water partition coefficient (Wildman–Crippen LogP) is 3.59. The van der Waals surface area contributed by atoms with Crippen molar-refractivity contribution >= 4 is 17.2 Å². The van der Waals surface area contributed by atoms with Crippen LogP contribution in [0.25, 0.3) is 11.1 Å². The number of likely N-dealkylation sites (N-methyl/N-ethyl adjacent to an activating group) is 1. The summed E-state index contributed by atoms with van der Waals surface area (Å²) in [5, 5.41) is 9.22. The number of amides is 1. The normalized spacial score (nSPS) is 14.2. The molecule has 0 saturated heterocycles. The molecule has 3 nitrogen and oxygen atoms in total. The average molecular weight is 265 g/mol. The molecule has 3 rings (SSSR count). The van der Waals surface area contributed by atoms with Gasteiger partial charge in [0.2, 0.25) is 0 Å². The third-order valence-electron chi connectivity index (χ3n) is 3.61. The lowest BCUT2D eigenvalue weighted by molar-refractivity contribution is 0.157. The molecule has 20 heavy (non-hydrogen) atoms. The summed E-state index contributed by atoms with van der Waals surface area (Å²) < 4.78 is 0. The molecule has 1 amide bonds. The monoisotopic (exact) mass is 265 g/mol. The Morgan fingerprint density at radius 2 is 1.30 bits per heavy atom. The van der Waals surface area contributed by atoms with Crippen LogP contribution in [0.2, 0.25) is 0 Å². The smallest absolute Gasteiger partial charge is 0.407 e. The Morgan fingerprint density at radius 3 is 1.65 bits per heavy atom. The molecule has 100 valence electrons. The summed E-state index contributed by atoms with van der Waals surface area (Å²) in [5.41, 5.74) is 4.37. The summed E-state index contributed by atoms with van der Waals surface area (Å²) in [7, 11) is 1.62. The number of benzene rings is 2. The largest absolute Gasteiger partial charge is 0.465 e. The summed E-state index contributed by atoms with van der Waals surface area (Å²) in [4.78, 5) is 12.6. The fraction of sp³-hybridized carbons (Fsp3) is 0.118. The maximum atomic E-state index is 11.2. The predicted molar refractivity (Wildman–Crippen MR) is 79.3 cm³/mol. The zero-order chi connectivity index (χ0) is 14.1. The molecular weight excluding hydrogens is 250 g/mol. The lowest BCUT2D eigenvalue weighted by atomic mass is 10.1. The van der Waals surface area contributed by atoms with E-state index in [4.69, 9.17) is 0 Å². The van der Waals surface area contributed by atoms with Crippen LogP contribution < -0.4 is 0 Å². The van der Waals surface area contributed by atoms with Gasteiger partial charge < -0.3 is 10.0 Å². The van der Waals surface area contributed by atoms with Gasteiger partial charge in [-0.2, -0.15) is 0 Å². The minimum Gasteiger partial charge on any atom is -0.465 e. The van der Waals surface area contributed by atoms with Crippen molar-refractivity contribution in [2.24, 2.45) is 0 Å². The summed E-state index contributed by atoms with van der Waals surface area (Å²) in [5.74, 6) is 0. The zero-order valence-electron chi connectivity index (χ0n) is 11.2. The van der Waals surface area contributed by atoms with Gasteiger partial charge in [-0.15, -0.1) is 0 Å². The second-order valence-electron chi connectivity index (χ2n) is 4.86. The minimum atomic E-state index is -0.908. The van der Waals surface area contributed by atoms with Crippen molar-refractivity contribution in [3.63, 3.8) is 0 Å². The van der Waals surface area contributed by atoms with E-state index in [2.05, 4.69) is 0 Å². The van der Waals surface area contributed by atoms with Crippen molar-refractivity contribution in [2.45, 2.75) is 6.04 Å². The van der Waals surface area contributed by atoms with E-state index >= 15 is 0 Å². The van der Waals surface area contributed by atoms with Crippen molar-refractivity contribution < 1.29 is 9.90 Å². The molecule has 0 saturated carbocycles. The number of hydrogen-bond acceptors (Lipinski definition) is 1. The van der Waals surface area contributed by atoms with E-state index in [0.29, 0.717) is 0 Å². The zero-order valence-corrected chi connectivity index (χ0v) is 11.2. The highest BCUT2D eigenvalue weighted by molar-refractivity contribution is 6.15. The highest BCUT2D eigenvalue weighted by Gasteiger charge is 2.43. The number of carboxylic acid groups (broad SMARTS) is 1. The van der Waals surface area contributed by atoms with Crippen LogP contribution in [0.5, 0.6) is 0 Å². The molecule has 2 aromatic carbocycles. The van der Waals surface area contributed by atoms with Gasteiger partial charge in [-0.3, -0.25) is 0 Å². The lowest BCUT2D eigenvalue weighted by Crippen LogP contribution is -2.29. The van der Waals surface area contributed by atoms with Crippen LogP contribution in [0.4, 0.5) is 4.79 Å². The third kappa shape index (κ3) is 2.07. The number of rotatable bonds is 3. The van der Waals surface area contributed by atoms with E-state index < -0.39 is 6.09 Å². The van der Waals surface area contributed by atoms with Crippen LogP contribution in [0.1, 0.15) is 11.1 Å². The van der Waals surface area contributed by atoms with Gasteiger partial charge in [0.25, 0.3) is 0 Å². The van der Waals surface area contributed by atoms with E-state index in [1.165, 1.54) is 4.90 Å². The second kappa shape index (κ2) is 4.85. The third-order valence-corrected chi connectivity index (χ3v) is 3.61. The molecule has 2 aromatic rings.